The fourth-order valence-electron chi connectivity index (χ4n) is 1.72. The second-order valence-electron chi connectivity index (χ2n) is 3.74. The van der Waals surface area contributed by atoms with Gasteiger partial charge in [-0.05, 0) is 25.6 Å². The van der Waals surface area contributed by atoms with Gasteiger partial charge >= 0.3 is 0 Å². The predicted octanol–water partition coefficient (Wildman–Crippen LogP) is 2.80. The lowest BCUT2D eigenvalue weighted by molar-refractivity contribution is 0.922. The summed E-state index contributed by atoms with van der Waals surface area (Å²) in [6, 6.07) is 10.3. The summed E-state index contributed by atoms with van der Waals surface area (Å²) >= 11 is 1.68. The Kier molecular flexibility index (Phi) is 4.12. The van der Waals surface area contributed by atoms with E-state index in [4.69, 9.17) is 5.73 Å². The molecule has 1 aromatic carbocycles. The molecule has 0 aliphatic rings. The third-order valence-corrected chi connectivity index (χ3v) is 3.47. The van der Waals surface area contributed by atoms with Crippen molar-refractivity contribution in [3.63, 3.8) is 0 Å². The lowest BCUT2D eigenvalue weighted by Gasteiger charge is -2.19. The van der Waals surface area contributed by atoms with Gasteiger partial charge in [0.15, 0.2) is 5.13 Å². The molecular weight excluding hydrogens is 230 g/mol. The number of anilines is 2. The molecule has 0 radical (unpaired) electrons. The molecule has 0 aliphatic heterocycles. The minimum Gasteiger partial charge on any atom is -0.330 e. The minimum absolute atomic E-state index is 0.653. The number of nitrogens with zero attached hydrogens (tertiary/aromatic N) is 2. The van der Waals surface area contributed by atoms with Crippen LogP contribution in [0.15, 0.2) is 35.7 Å². The van der Waals surface area contributed by atoms with Gasteiger partial charge < -0.3 is 10.6 Å². The van der Waals surface area contributed by atoms with E-state index in [1.165, 1.54) is 5.69 Å². The summed E-state index contributed by atoms with van der Waals surface area (Å²) in [4.78, 5) is 6.82. The zero-order chi connectivity index (χ0) is 12.1. The standard InChI is InChI=1S/C13H17N3S/c1-2-16(12-6-4-3-5-7-12)13-15-11(8-9-14)10-17-13/h3-7,10H,2,8-9,14H2,1H3. The topological polar surface area (TPSA) is 42.2 Å². The minimum atomic E-state index is 0.653. The van der Waals surface area contributed by atoms with E-state index in [0.717, 1.165) is 23.8 Å². The molecule has 0 atom stereocenters. The number of para-hydroxylation sites is 1. The van der Waals surface area contributed by atoms with E-state index in [2.05, 4.69) is 34.3 Å². The molecule has 2 rings (SSSR count). The molecule has 0 saturated carbocycles. The van der Waals surface area contributed by atoms with E-state index in [-0.39, 0.29) is 0 Å². The Morgan fingerprint density at radius 2 is 2.06 bits per heavy atom. The van der Waals surface area contributed by atoms with Crippen LogP contribution in [0, 0.1) is 0 Å². The largest absolute Gasteiger partial charge is 0.330 e. The smallest absolute Gasteiger partial charge is 0.190 e. The average Bonchev–Trinajstić information content (AvgIpc) is 2.81. The van der Waals surface area contributed by atoms with Crippen molar-refractivity contribution in [1.82, 2.24) is 4.98 Å². The zero-order valence-corrected chi connectivity index (χ0v) is 10.8. The fourth-order valence-corrected chi connectivity index (χ4v) is 2.66. The average molecular weight is 247 g/mol. The molecular formula is C13H17N3S. The molecule has 0 spiro atoms. The fraction of sp³-hybridized carbons (Fsp3) is 0.308. The summed E-state index contributed by atoms with van der Waals surface area (Å²) in [5.74, 6) is 0. The SMILES string of the molecule is CCN(c1ccccc1)c1nc(CCN)cs1. The molecule has 1 aromatic heterocycles. The Hall–Kier alpha value is -1.39. The monoisotopic (exact) mass is 247 g/mol. The van der Waals surface area contributed by atoms with Gasteiger partial charge in [0.2, 0.25) is 0 Å². The normalized spacial score (nSPS) is 10.5. The highest BCUT2D eigenvalue weighted by atomic mass is 32.1. The Morgan fingerprint density at radius 3 is 2.71 bits per heavy atom. The van der Waals surface area contributed by atoms with Gasteiger partial charge in [-0.1, -0.05) is 18.2 Å². The summed E-state index contributed by atoms with van der Waals surface area (Å²) in [6.07, 6.45) is 0.850. The second-order valence-corrected chi connectivity index (χ2v) is 4.58. The number of hydrogen-bond acceptors (Lipinski definition) is 4. The maximum atomic E-state index is 5.54. The van der Waals surface area contributed by atoms with Crippen LogP contribution >= 0.6 is 11.3 Å². The van der Waals surface area contributed by atoms with E-state index in [0.29, 0.717) is 6.54 Å². The maximum absolute atomic E-state index is 5.54. The Balaban J connectivity index is 2.23. The number of rotatable bonds is 5. The molecule has 0 amide bonds. The van der Waals surface area contributed by atoms with Crippen molar-refractivity contribution in [2.75, 3.05) is 18.0 Å². The molecule has 0 fully saturated rings. The Labute approximate surface area is 106 Å². The number of thiazole rings is 1. The van der Waals surface area contributed by atoms with Crippen LogP contribution in [-0.2, 0) is 6.42 Å². The molecule has 0 bridgehead atoms. The third-order valence-electron chi connectivity index (χ3n) is 2.56. The number of nitrogens with two attached hydrogens (primary N) is 1. The predicted molar refractivity (Wildman–Crippen MR) is 74.0 cm³/mol. The summed E-state index contributed by atoms with van der Waals surface area (Å²) < 4.78 is 0. The van der Waals surface area contributed by atoms with Crippen LogP contribution in [0.2, 0.25) is 0 Å². The summed E-state index contributed by atoms with van der Waals surface area (Å²) in [6.45, 7) is 3.71. The molecule has 17 heavy (non-hydrogen) atoms. The lowest BCUT2D eigenvalue weighted by Crippen LogP contribution is -2.15. The van der Waals surface area contributed by atoms with Gasteiger partial charge in [0.25, 0.3) is 0 Å². The van der Waals surface area contributed by atoms with Crippen molar-refractivity contribution in [2.24, 2.45) is 5.73 Å². The zero-order valence-electron chi connectivity index (χ0n) is 9.97. The van der Waals surface area contributed by atoms with E-state index >= 15 is 0 Å². The number of hydrogen-bond donors (Lipinski definition) is 1. The highest BCUT2D eigenvalue weighted by Gasteiger charge is 2.10. The van der Waals surface area contributed by atoms with Crippen molar-refractivity contribution >= 4 is 22.2 Å². The van der Waals surface area contributed by atoms with Gasteiger partial charge in [-0.15, -0.1) is 11.3 Å². The van der Waals surface area contributed by atoms with Gasteiger partial charge in [-0.3, -0.25) is 0 Å². The molecule has 90 valence electrons. The van der Waals surface area contributed by atoms with Crippen molar-refractivity contribution in [3.8, 4) is 0 Å². The first-order valence-corrected chi connectivity index (χ1v) is 6.70. The molecule has 0 aliphatic carbocycles. The van der Waals surface area contributed by atoms with Gasteiger partial charge in [0, 0.05) is 24.0 Å². The van der Waals surface area contributed by atoms with Crippen molar-refractivity contribution in [2.45, 2.75) is 13.3 Å². The van der Waals surface area contributed by atoms with Crippen molar-refractivity contribution in [3.05, 3.63) is 41.4 Å². The van der Waals surface area contributed by atoms with Crippen LogP contribution in [0.5, 0.6) is 0 Å². The second kappa shape index (κ2) is 5.80. The van der Waals surface area contributed by atoms with Gasteiger partial charge in [0.05, 0.1) is 5.69 Å². The first-order chi connectivity index (χ1) is 8.35. The highest BCUT2D eigenvalue weighted by molar-refractivity contribution is 7.13. The Morgan fingerprint density at radius 1 is 1.29 bits per heavy atom. The third kappa shape index (κ3) is 2.84. The molecule has 1 heterocycles. The summed E-state index contributed by atoms with van der Waals surface area (Å²) in [5.41, 5.74) is 7.81. The van der Waals surface area contributed by atoms with Crippen LogP contribution in [0.1, 0.15) is 12.6 Å². The van der Waals surface area contributed by atoms with Crippen LogP contribution in [0.3, 0.4) is 0 Å². The number of aromatic nitrogens is 1. The van der Waals surface area contributed by atoms with Crippen molar-refractivity contribution < 1.29 is 0 Å². The first-order valence-electron chi connectivity index (χ1n) is 5.82. The molecule has 2 aromatic rings. The van der Waals surface area contributed by atoms with Gasteiger partial charge in [-0.2, -0.15) is 0 Å². The van der Waals surface area contributed by atoms with Crippen LogP contribution in [0.4, 0.5) is 10.8 Å². The van der Waals surface area contributed by atoms with E-state index in [9.17, 15) is 0 Å². The molecule has 4 heteroatoms. The van der Waals surface area contributed by atoms with Crippen molar-refractivity contribution in [1.29, 1.82) is 0 Å². The summed E-state index contributed by atoms with van der Waals surface area (Å²) in [5, 5.41) is 3.13. The first kappa shape index (κ1) is 12.1. The van der Waals surface area contributed by atoms with Gasteiger partial charge in [-0.25, -0.2) is 4.98 Å². The molecule has 0 unspecified atom stereocenters. The van der Waals surface area contributed by atoms with Crippen LogP contribution in [0.25, 0.3) is 0 Å². The van der Waals surface area contributed by atoms with Crippen LogP contribution < -0.4 is 10.6 Å². The van der Waals surface area contributed by atoms with Crippen LogP contribution in [-0.4, -0.2) is 18.1 Å². The van der Waals surface area contributed by atoms with E-state index in [1.54, 1.807) is 11.3 Å². The van der Waals surface area contributed by atoms with E-state index < -0.39 is 0 Å². The summed E-state index contributed by atoms with van der Waals surface area (Å²) in [7, 11) is 0. The van der Waals surface area contributed by atoms with E-state index in [1.807, 2.05) is 18.2 Å². The van der Waals surface area contributed by atoms with Gasteiger partial charge in [0.1, 0.15) is 0 Å². The quantitative estimate of drug-likeness (QED) is 0.883. The number of benzene rings is 1. The highest BCUT2D eigenvalue weighted by Crippen LogP contribution is 2.27. The maximum Gasteiger partial charge on any atom is 0.190 e. The lowest BCUT2D eigenvalue weighted by atomic mass is 10.3. The Bertz CT molecular complexity index is 453. The molecule has 3 nitrogen and oxygen atoms in total. The molecule has 0 saturated heterocycles. The molecule has 2 N–H and O–H groups in total.